The van der Waals surface area contributed by atoms with Crippen LogP contribution in [-0.2, 0) is 11.2 Å². The lowest BCUT2D eigenvalue weighted by molar-refractivity contribution is -0.122. The summed E-state index contributed by atoms with van der Waals surface area (Å²) in [6.07, 6.45) is 1.51. The molecule has 1 nitrogen and oxygen atoms in total. The lowest BCUT2D eigenvalue weighted by Crippen LogP contribution is -2.12. The van der Waals surface area contributed by atoms with Crippen LogP contribution >= 0.6 is 0 Å². The predicted octanol–water partition coefficient (Wildman–Crippen LogP) is 3.15. The smallest absolute Gasteiger partial charge is 0.135 e. The summed E-state index contributed by atoms with van der Waals surface area (Å²) in [5, 5.41) is 0. The first-order valence-corrected chi connectivity index (χ1v) is 5.21. The van der Waals surface area contributed by atoms with Crippen LogP contribution in [0.25, 0.3) is 0 Å². The van der Waals surface area contributed by atoms with E-state index < -0.39 is 0 Å². The lowest BCUT2D eigenvalue weighted by atomic mass is 9.95. The summed E-state index contributed by atoms with van der Waals surface area (Å²) in [6, 6.07) is 8.40. The van der Waals surface area contributed by atoms with Crippen molar-refractivity contribution in [2.45, 2.75) is 33.6 Å². The molecule has 0 bridgehead atoms. The van der Waals surface area contributed by atoms with Crippen LogP contribution in [0.5, 0.6) is 0 Å². The van der Waals surface area contributed by atoms with Crippen molar-refractivity contribution in [3.05, 3.63) is 35.4 Å². The highest BCUT2D eigenvalue weighted by molar-refractivity contribution is 5.80. The molecule has 0 heterocycles. The van der Waals surface area contributed by atoms with Crippen molar-refractivity contribution >= 4 is 5.78 Å². The number of carbonyl (C=O) groups is 1. The van der Waals surface area contributed by atoms with Crippen LogP contribution in [0.3, 0.4) is 0 Å². The van der Waals surface area contributed by atoms with Gasteiger partial charge in [-0.25, -0.2) is 0 Å². The molecule has 0 aliphatic carbocycles. The first kappa shape index (κ1) is 11.0. The minimum absolute atomic E-state index is 0.155. The van der Waals surface area contributed by atoms with Crippen LogP contribution in [0.15, 0.2) is 24.3 Å². The number of hydrogen-bond acceptors (Lipinski definition) is 1. The van der Waals surface area contributed by atoms with Crippen molar-refractivity contribution < 1.29 is 4.79 Å². The third kappa shape index (κ3) is 2.99. The van der Waals surface area contributed by atoms with Crippen molar-refractivity contribution in [2.75, 3.05) is 0 Å². The van der Waals surface area contributed by atoms with Gasteiger partial charge in [0, 0.05) is 12.3 Å². The standard InChI is InChI=1S/C13H18O/c1-4-13(14)11(3)9-12-7-5-10(2)6-8-12/h5-8,11H,4,9H2,1-3H3/t11-/m0/s1. The Morgan fingerprint density at radius 3 is 2.36 bits per heavy atom. The molecule has 0 aliphatic heterocycles. The van der Waals surface area contributed by atoms with Gasteiger partial charge in [0.25, 0.3) is 0 Å². The molecule has 0 aromatic heterocycles. The molecule has 1 atom stereocenters. The molecule has 0 aliphatic rings. The Balaban J connectivity index is 2.60. The molecule has 0 fully saturated rings. The zero-order valence-electron chi connectivity index (χ0n) is 9.21. The maximum Gasteiger partial charge on any atom is 0.135 e. The Kier molecular flexibility index (Phi) is 3.87. The van der Waals surface area contributed by atoms with Crippen LogP contribution in [0, 0.1) is 12.8 Å². The van der Waals surface area contributed by atoms with Gasteiger partial charge in [0.1, 0.15) is 5.78 Å². The first-order chi connectivity index (χ1) is 6.63. The normalized spacial score (nSPS) is 12.5. The van der Waals surface area contributed by atoms with E-state index in [2.05, 4.69) is 31.2 Å². The molecule has 1 aromatic carbocycles. The fourth-order valence-corrected chi connectivity index (χ4v) is 1.54. The number of hydrogen-bond donors (Lipinski definition) is 0. The van der Waals surface area contributed by atoms with E-state index in [0.29, 0.717) is 12.2 Å². The maximum absolute atomic E-state index is 11.4. The summed E-state index contributed by atoms with van der Waals surface area (Å²) >= 11 is 0. The highest BCUT2D eigenvalue weighted by Gasteiger charge is 2.10. The molecule has 0 saturated carbocycles. The minimum Gasteiger partial charge on any atom is -0.299 e. The summed E-state index contributed by atoms with van der Waals surface area (Å²) in [7, 11) is 0. The second-order valence-electron chi connectivity index (χ2n) is 3.91. The maximum atomic E-state index is 11.4. The fourth-order valence-electron chi connectivity index (χ4n) is 1.54. The van der Waals surface area contributed by atoms with Crippen LogP contribution in [0.2, 0.25) is 0 Å². The average molecular weight is 190 g/mol. The zero-order chi connectivity index (χ0) is 10.6. The Labute approximate surface area is 86.1 Å². The number of ketones is 1. The van der Waals surface area contributed by atoms with Crippen molar-refractivity contribution in [1.82, 2.24) is 0 Å². The van der Waals surface area contributed by atoms with Gasteiger partial charge in [0.15, 0.2) is 0 Å². The first-order valence-electron chi connectivity index (χ1n) is 5.21. The van der Waals surface area contributed by atoms with Gasteiger partial charge in [-0.1, -0.05) is 43.7 Å². The molecule has 1 aromatic rings. The van der Waals surface area contributed by atoms with E-state index in [0.717, 1.165) is 6.42 Å². The van der Waals surface area contributed by atoms with Crippen LogP contribution < -0.4 is 0 Å². The molecule has 0 radical (unpaired) electrons. The van der Waals surface area contributed by atoms with Gasteiger partial charge >= 0.3 is 0 Å². The molecule has 0 amide bonds. The molecule has 76 valence electrons. The predicted molar refractivity (Wildman–Crippen MR) is 59.3 cm³/mol. The second kappa shape index (κ2) is 4.94. The topological polar surface area (TPSA) is 17.1 Å². The quantitative estimate of drug-likeness (QED) is 0.712. The Morgan fingerprint density at radius 2 is 1.86 bits per heavy atom. The molecule has 0 unspecified atom stereocenters. The minimum atomic E-state index is 0.155. The van der Waals surface area contributed by atoms with Gasteiger partial charge in [-0.15, -0.1) is 0 Å². The van der Waals surface area contributed by atoms with Gasteiger partial charge in [0.2, 0.25) is 0 Å². The average Bonchev–Trinajstić information content (AvgIpc) is 2.20. The zero-order valence-corrected chi connectivity index (χ0v) is 9.21. The summed E-state index contributed by atoms with van der Waals surface area (Å²) in [4.78, 5) is 11.4. The second-order valence-corrected chi connectivity index (χ2v) is 3.91. The van der Waals surface area contributed by atoms with Gasteiger partial charge in [0.05, 0.1) is 0 Å². The molecule has 1 heteroatoms. The Morgan fingerprint density at radius 1 is 1.29 bits per heavy atom. The number of benzene rings is 1. The van der Waals surface area contributed by atoms with E-state index >= 15 is 0 Å². The fraction of sp³-hybridized carbons (Fsp3) is 0.462. The van der Waals surface area contributed by atoms with E-state index in [4.69, 9.17) is 0 Å². The highest BCUT2D eigenvalue weighted by atomic mass is 16.1. The van der Waals surface area contributed by atoms with Crippen LogP contribution in [-0.4, -0.2) is 5.78 Å². The lowest BCUT2D eigenvalue weighted by Gasteiger charge is -2.08. The Hall–Kier alpha value is -1.11. The van der Waals surface area contributed by atoms with Gasteiger partial charge < -0.3 is 0 Å². The van der Waals surface area contributed by atoms with Crippen molar-refractivity contribution in [2.24, 2.45) is 5.92 Å². The molecule has 1 rings (SSSR count). The summed E-state index contributed by atoms with van der Waals surface area (Å²) < 4.78 is 0. The van der Waals surface area contributed by atoms with E-state index in [1.807, 2.05) is 13.8 Å². The third-order valence-corrected chi connectivity index (χ3v) is 2.56. The van der Waals surface area contributed by atoms with E-state index in [-0.39, 0.29) is 5.92 Å². The van der Waals surface area contributed by atoms with Gasteiger partial charge in [-0.05, 0) is 18.9 Å². The van der Waals surface area contributed by atoms with Gasteiger partial charge in [-0.2, -0.15) is 0 Å². The van der Waals surface area contributed by atoms with E-state index in [9.17, 15) is 4.79 Å². The number of Topliss-reactive ketones (excluding diaryl/α,β-unsaturated/α-hetero) is 1. The molecule has 0 N–H and O–H groups in total. The summed E-state index contributed by atoms with van der Waals surface area (Å²) in [5.41, 5.74) is 2.52. The van der Waals surface area contributed by atoms with Crippen molar-refractivity contribution in [3.63, 3.8) is 0 Å². The van der Waals surface area contributed by atoms with Crippen LogP contribution in [0.4, 0.5) is 0 Å². The molecular formula is C13H18O. The van der Waals surface area contributed by atoms with Crippen LogP contribution in [0.1, 0.15) is 31.4 Å². The third-order valence-electron chi connectivity index (χ3n) is 2.56. The molecule has 14 heavy (non-hydrogen) atoms. The van der Waals surface area contributed by atoms with Gasteiger partial charge in [-0.3, -0.25) is 4.79 Å². The number of aryl methyl sites for hydroxylation is 1. The molecule has 0 spiro atoms. The number of rotatable bonds is 4. The van der Waals surface area contributed by atoms with E-state index in [1.165, 1.54) is 11.1 Å². The summed E-state index contributed by atoms with van der Waals surface area (Å²) in [6.45, 7) is 6.00. The number of carbonyl (C=O) groups excluding carboxylic acids is 1. The largest absolute Gasteiger partial charge is 0.299 e. The summed E-state index contributed by atoms with van der Waals surface area (Å²) in [5.74, 6) is 0.508. The molecule has 0 saturated heterocycles. The van der Waals surface area contributed by atoms with Crippen molar-refractivity contribution in [3.8, 4) is 0 Å². The highest BCUT2D eigenvalue weighted by Crippen LogP contribution is 2.11. The SMILES string of the molecule is CCC(=O)[C@@H](C)Cc1ccc(C)cc1. The Bertz CT molecular complexity index is 298. The van der Waals surface area contributed by atoms with Crippen molar-refractivity contribution in [1.29, 1.82) is 0 Å². The molecular weight excluding hydrogens is 172 g/mol. The van der Waals surface area contributed by atoms with E-state index in [1.54, 1.807) is 0 Å². The monoisotopic (exact) mass is 190 g/mol.